The molecule has 2 nitrogen and oxygen atoms in total. The average Bonchev–Trinajstić information content (AvgIpc) is 2.75. The van der Waals surface area contributed by atoms with Crippen molar-refractivity contribution in [2.45, 2.75) is 38.6 Å². The third-order valence-electron chi connectivity index (χ3n) is 3.90. The van der Waals surface area contributed by atoms with E-state index < -0.39 is 0 Å². The first-order valence-electron chi connectivity index (χ1n) is 6.91. The molecule has 19 heavy (non-hydrogen) atoms. The molecule has 4 heteroatoms. The lowest BCUT2D eigenvalue weighted by Crippen LogP contribution is -2.34. The molecule has 102 valence electrons. The molecule has 1 aliphatic rings. The molecule has 1 unspecified atom stereocenters. The number of fused-ring (bicyclic) bond motifs is 3. The highest BCUT2D eigenvalue weighted by Gasteiger charge is 2.23. The summed E-state index contributed by atoms with van der Waals surface area (Å²) in [6, 6.07) is 4.41. The van der Waals surface area contributed by atoms with Crippen LogP contribution in [0.4, 0.5) is 0 Å². The monoisotopic (exact) mass is 296 g/mol. The van der Waals surface area contributed by atoms with E-state index in [1.165, 1.54) is 29.5 Å². The zero-order valence-corrected chi connectivity index (χ0v) is 12.5. The molecular formula is C15H18Cl2N2. The molecule has 1 aromatic carbocycles. The molecule has 0 saturated heterocycles. The Morgan fingerprint density at radius 1 is 1.37 bits per heavy atom. The molecule has 1 aliphatic carbocycles. The Kier molecular flexibility index (Phi) is 3.75. The molecule has 0 aliphatic heterocycles. The molecule has 0 saturated carbocycles. The lowest BCUT2D eigenvalue weighted by atomic mass is 9.91. The standard InChI is InChI=1S/C15H18Cl2N2/c1-2-5-18-10-3-4-14-11(8-10)12-6-9(16)7-13(17)15(12)19-14/h6-7,10,18-19H,2-5,8H2,1H3. The van der Waals surface area contributed by atoms with E-state index in [0.29, 0.717) is 11.1 Å². The first-order chi connectivity index (χ1) is 9.19. The molecule has 3 rings (SSSR count). The molecule has 0 bridgehead atoms. The van der Waals surface area contributed by atoms with E-state index in [0.717, 1.165) is 29.9 Å². The van der Waals surface area contributed by atoms with Gasteiger partial charge >= 0.3 is 0 Å². The van der Waals surface area contributed by atoms with Crippen molar-refractivity contribution >= 4 is 34.1 Å². The zero-order valence-electron chi connectivity index (χ0n) is 11.0. The Labute approximate surface area is 123 Å². The first kappa shape index (κ1) is 13.3. The third kappa shape index (κ3) is 2.49. The van der Waals surface area contributed by atoms with E-state index in [1.54, 1.807) is 6.07 Å². The summed E-state index contributed by atoms with van der Waals surface area (Å²) in [6.07, 6.45) is 4.51. The van der Waals surface area contributed by atoms with Gasteiger partial charge in [0.1, 0.15) is 0 Å². The predicted molar refractivity (Wildman–Crippen MR) is 82.4 cm³/mol. The van der Waals surface area contributed by atoms with Crippen LogP contribution in [0.25, 0.3) is 10.9 Å². The van der Waals surface area contributed by atoms with Crippen LogP contribution in [-0.2, 0) is 12.8 Å². The van der Waals surface area contributed by atoms with Crippen LogP contribution in [0.5, 0.6) is 0 Å². The largest absolute Gasteiger partial charge is 0.357 e. The van der Waals surface area contributed by atoms with Crippen LogP contribution in [0.3, 0.4) is 0 Å². The van der Waals surface area contributed by atoms with E-state index >= 15 is 0 Å². The van der Waals surface area contributed by atoms with Gasteiger partial charge in [0.05, 0.1) is 10.5 Å². The molecule has 1 atom stereocenters. The van der Waals surface area contributed by atoms with Gasteiger partial charge in [-0.05, 0) is 49.9 Å². The fourth-order valence-corrected chi connectivity index (χ4v) is 3.50. The maximum atomic E-state index is 6.27. The van der Waals surface area contributed by atoms with Crippen molar-refractivity contribution in [1.29, 1.82) is 0 Å². The SMILES string of the molecule is CCCNC1CCc2[nH]c3c(Cl)cc(Cl)cc3c2C1. The Morgan fingerprint density at radius 2 is 2.21 bits per heavy atom. The van der Waals surface area contributed by atoms with E-state index in [-0.39, 0.29) is 0 Å². The number of aromatic nitrogens is 1. The third-order valence-corrected chi connectivity index (χ3v) is 4.41. The second-order valence-corrected chi connectivity index (χ2v) is 6.13. The van der Waals surface area contributed by atoms with Crippen LogP contribution in [0, 0.1) is 0 Å². The summed E-state index contributed by atoms with van der Waals surface area (Å²) in [4.78, 5) is 3.47. The van der Waals surface area contributed by atoms with Crippen LogP contribution < -0.4 is 5.32 Å². The minimum Gasteiger partial charge on any atom is -0.357 e. The van der Waals surface area contributed by atoms with E-state index in [4.69, 9.17) is 23.2 Å². The summed E-state index contributed by atoms with van der Waals surface area (Å²) in [5.41, 5.74) is 3.75. The Hall–Kier alpha value is -0.700. The van der Waals surface area contributed by atoms with Crippen molar-refractivity contribution in [1.82, 2.24) is 10.3 Å². The molecule has 1 aromatic heterocycles. The van der Waals surface area contributed by atoms with Gasteiger partial charge in [0, 0.05) is 22.1 Å². The van der Waals surface area contributed by atoms with Crippen molar-refractivity contribution in [2.24, 2.45) is 0 Å². The molecule has 0 amide bonds. The van der Waals surface area contributed by atoms with E-state index in [9.17, 15) is 0 Å². The highest BCUT2D eigenvalue weighted by atomic mass is 35.5. The molecule has 0 spiro atoms. The van der Waals surface area contributed by atoms with Crippen molar-refractivity contribution in [2.75, 3.05) is 6.54 Å². The maximum Gasteiger partial charge on any atom is 0.0662 e. The van der Waals surface area contributed by atoms with Gasteiger partial charge in [0.2, 0.25) is 0 Å². The maximum absolute atomic E-state index is 6.27. The van der Waals surface area contributed by atoms with Gasteiger partial charge in [0.15, 0.2) is 0 Å². The minimum atomic E-state index is 0.573. The van der Waals surface area contributed by atoms with Gasteiger partial charge in [-0.1, -0.05) is 30.1 Å². The number of aryl methyl sites for hydroxylation is 1. The fraction of sp³-hybridized carbons (Fsp3) is 0.467. The van der Waals surface area contributed by atoms with Crippen molar-refractivity contribution in [3.63, 3.8) is 0 Å². The number of aromatic amines is 1. The fourth-order valence-electron chi connectivity index (χ4n) is 2.96. The smallest absolute Gasteiger partial charge is 0.0662 e. The molecule has 2 N–H and O–H groups in total. The molecule has 1 heterocycles. The summed E-state index contributed by atoms with van der Waals surface area (Å²) in [5.74, 6) is 0. The van der Waals surface area contributed by atoms with Crippen LogP contribution in [0.15, 0.2) is 12.1 Å². The second kappa shape index (κ2) is 5.35. The van der Waals surface area contributed by atoms with Gasteiger partial charge in [-0.2, -0.15) is 0 Å². The van der Waals surface area contributed by atoms with Gasteiger partial charge in [0.25, 0.3) is 0 Å². The number of hydrogen-bond donors (Lipinski definition) is 2. The first-order valence-corrected chi connectivity index (χ1v) is 7.66. The average molecular weight is 297 g/mol. The van der Waals surface area contributed by atoms with Crippen molar-refractivity contribution in [3.8, 4) is 0 Å². The van der Waals surface area contributed by atoms with E-state index in [1.807, 2.05) is 6.07 Å². The van der Waals surface area contributed by atoms with Crippen molar-refractivity contribution < 1.29 is 0 Å². The van der Waals surface area contributed by atoms with Crippen molar-refractivity contribution in [3.05, 3.63) is 33.4 Å². The van der Waals surface area contributed by atoms with Crippen LogP contribution in [0.2, 0.25) is 10.0 Å². The number of halogens is 2. The van der Waals surface area contributed by atoms with Gasteiger partial charge < -0.3 is 10.3 Å². The Morgan fingerprint density at radius 3 is 3.00 bits per heavy atom. The van der Waals surface area contributed by atoms with Crippen LogP contribution in [0.1, 0.15) is 31.0 Å². The van der Waals surface area contributed by atoms with Crippen LogP contribution >= 0.6 is 23.2 Å². The van der Waals surface area contributed by atoms with Gasteiger partial charge in [-0.15, -0.1) is 0 Å². The Bertz CT molecular complexity index is 604. The minimum absolute atomic E-state index is 0.573. The summed E-state index contributed by atoms with van der Waals surface area (Å²) in [5, 5.41) is 6.23. The summed E-state index contributed by atoms with van der Waals surface area (Å²) in [6.45, 7) is 3.29. The normalized spacial score (nSPS) is 18.8. The summed E-state index contributed by atoms with van der Waals surface area (Å²) >= 11 is 12.4. The summed E-state index contributed by atoms with van der Waals surface area (Å²) < 4.78 is 0. The summed E-state index contributed by atoms with van der Waals surface area (Å²) in [7, 11) is 0. The lowest BCUT2D eigenvalue weighted by Gasteiger charge is -2.23. The van der Waals surface area contributed by atoms with Gasteiger partial charge in [-0.25, -0.2) is 0 Å². The second-order valence-electron chi connectivity index (χ2n) is 5.29. The quantitative estimate of drug-likeness (QED) is 0.867. The predicted octanol–water partition coefficient (Wildman–Crippen LogP) is 4.33. The topological polar surface area (TPSA) is 27.8 Å². The van der Waals surface area contributed by atoms with Gasteiger partial charge in [-0.3, -0.25) is 0 Å². The number of rotatable bonds is 3. The lowest BCUT2D eigenvalue weighted by molar-refractivity contribution is 0.458. The molecule has 2 aromatic rings. The number of benzene rings is 1. The molecule has 0 fully saturated rings. The number of hydrogen-bond acceptors (Lipinski definition) is 1. The molecular weight excluding hydrogens is 279 g/mol. The zero-order chi connectivity index (χ0) is 13.4. The Balaban J connectivity index is 1.98. The van der Waals surface area contributed by atoms with E-state index in [2.05, 4.69) is 17.2 Å². The highest BCUT2D eigenvalue weighted by molar-refractivity contribution is 6.38. The number of nitrogens with one attached hydrogen (secondary N) is 2. The highest BCUT2D eigenvalue weighted by Crippen LogP contribution is 2.35. The van der Waals surface area contributed by atoms with Crippen LogP contribution in [-0.4, -0.2) is 17.6 Å². The number of H-pyrrole nitrogens is 1. The molecule has 0 radical (unpaired) electrons.